The Hall–Kier alpha value is -1.66. The first-order valence-corrected chi connectivity index (χ1v) is 9.17. The van der Waals surface area contributed by atoms with Crippen molar-refractivity contribution in [3.63, 3.8) is 0 Å². The van der Waals surface area contributed by atoms with Crippen LogP contribution in [0.15, 0.2) is 42.5 Å². The minimum atomic E-state index is -0.314. The van der Waals surface area contributed by atoms with Gasteiger partial charge in [-0.1, -0.05) is 29.8 Å². The maximum atomic E-state index is 13.6. The van der Waals surface area contributed by atoms with Gasteiger partial charge in [-0.3, -0.25) is 9.69 Å². The number of amides is 1. The van der Waals surface area contributed by atoms with Crippen molar-refractivity contribution in [2.75, 3.05) is 31.5 Å². The summed E-state index contributed by atoms with van der Waals surface area (Å²) in [6, 6.07) is 12.7. The summed E-state index contributed by atoms with van der Waals surface area (Å²) in [7, 11) is 0. The van der Waals surface area contributed by atoms with Crippen LogP contribution in [0.5, 0.6) is 0 Å². The second kappa shape index (κ2) is 10.0. The van der Waals surface area contributed by atoms with Crippen molar-refractivity contribution < 1.29 is 9.18 Å². The molecular weight excluding hydrogens is 388 g/mol. The highest BCUT2D eigenvalue weighted by Gasteiger charge is 2.24. The van der Waals surface area contributed by atoms with Crippen molar-refractivity contribution in [2.24, 2.45) is 0 Å². The molecule has 0 saturated carbocycles. The Morgan fingerprint density at radius 3 is 2.89 bits per heavy atom. The van der Waals surface area contributed by atoms with E-state index in [0.717, 1.165) is 25.2 Å². The van der Waals surface area contributed by atoms with E-state index in [1.165, 1.54) is 6.07 Å². The Morgan fingerprint density at radius 1 is 1.33 bits per heavy atom. The normalized spacial score (nSPS) is 17.2. The third kappa shape index (κ3) is 5.66. The van der Waals surface area contributed by atoms with Crippen LogP contribution < -0.4 is 10.6 Å². The van der Waals surface area contributed by atoms with Crippen LogP contribution in [0.1, 0.15) is 23.6 Å². The molecular formula is C20H24Cl2FN3O. The number of hydrogen-bond acceptors (Lipinski definition) is 3. The van der Waals surface area contributed by atoms with Crippen LogP contribution in [0.3, 0.4) is 0 Å². The van der Waals surface area contributed by atoms with E-state index < -0.39 is 0 Å². The second-order valence-corrected chi connectivity index (χ2v) is 6.96. The molecule has 1 amide bonds. The lowest BCUT2D eigenvalue weighted by atomic mass is 10.0. The van der Waals surface area contributed by atoms with E-state index in [9.17, 15) is 9.18 Å². The third-order valence-corrected chi connectivity index (χ3v) is 4.99. The fraction of sp³-hybridized carbons (Fsp3) is 0.350. The van der Waals surface area contributed by atoms with Gasteiger partial charge < -0.3 is 10.6 Å². The second-order valence-electron chi connectivity index (χ2n) is 6.52. The van der Waals surface area contributed by atoms with Crippen molar-refractivity contribution in [3.05, 3.63) is 64.4 Å². The van der Waals surface area contributed by atoms with Gasteiger partial charge >= 0.3 is 0 Å². The summed E-state index contributed by atoms with van der Waals surface area (Å²) < 4.78 is 13.6. The fourth-order valence-corrected chi connectivity index (χ4v) is 3.46. The van der Waals surface area contributed by atoms with Crippen molar-refractivity contribution >= 4 is 35.6 Å². The Balaban J connectivity index is 0.00000261. The van der Waals surface area contributed by atoms with Crippen LogP contribution in [-0.4, -0.2) is 37.0 Å². The predicted octanol–water partition coefficient (Wildman–Crippen LogP) is 4.18. The number of carbonyl (C=O) groups is 1. The molecule has 27 heavy (non-hydrogen) atoms. The first-order chi connectivity index (χ1) is 12.5. The summed E-state index contributed by atoms with van der Waals surface area (Å²) in [6.07, 6.45) is 0.354. The Bertz CT molecular complexity index is 788. The molecule has 0 radical (unpaired) electrons. The lowest BCUT2D eigenvalue weighted by Crippen LogP contribution is -2.46. The highest BCUT2D eigenvalue weighted by atomic mass is 35.5. The van der Waals surface area contributed by atoms with E-state index in [2.05, 4.69) is 21.6 Å². The first-order valence-electron chi connectivity index (χ1n) is 8.80. The zero-order chi connectivity index (χ0) is 18.5. The number of hydrogen-bond donors (Lipinski definition) is 2. The highest BCUT2D eigenvalue weighted by molar-refractivity contribution is 6.30. The fourth-order valence-electron chi connectivity index (χ4n) is 3.26. The van der Waals surface area contributed by atoms with Crippen LogP contribution in [0.4, 0.5) is 10.1 Å². The van der Waals surface area contributed by atoms with Gasteiger partial charge in [0.25, 0.3) is 0 Å². The number of rotatable bonds is 5. The Kier molecular flexibility index (Phi) is 8.05. The van der Waals surface area contributed by atoms with Gasteiger partial charge in [-0.2, -0.15) is 0 Å². The molecule has 0 spiro atoms. The van der Waals surface area contributed by atoms with Crippen LogP contribution in [0, 0.1) is 12.7 Å². The van der Waals surface area contributed by atoms with Crippen LogP contribution in [0.2, 0.25) is 5.02 Å². The van der Waals surface area contributed by atoms with E-state index in [0.29, 0.717) is 29.2 Å². The summed E-state index contributed by atoms with van der Waals surface area (Å²) in [6.45, 7) is 4.88. The lowest BCUT2D eigenvalue weighted by molar-refractivity contribution is -0.116. The van der Waals surface area contributed by atoms with E-state index in [1.54, 1.807) is 19.1 Å². The number of nitrogens with one attached hydrogen (secondary N) is 2. The molecule has 146 valence electrons. The monoisotopic (exact) mass is 411 g/mol. The molecule has 1 heterocycles. The zero-order valence-electron chi connectivity index (χ0n) is 15.2. The lowest BCUT2D eigenvalue weighted by Gasteiger charge is -2.36. The van der Waals surface area contributed by atoms with Gasteiger partial charge in [0.15, 0.2) is 0 Å². The number of halogens is 3. The van der Waals surface area contributed by atoms with Gasteiger partial charge in [0, 0.05) is 54.9 Å². The summed E-state index contributed by atoms with van der Waals surface area (Å²) in [5.74, 6) is -0.423. The quantitative estimate of drug-likeness (QED) is 0.775. The smallest absolute Gasteiger partial charge is 0.225 e. The number of carbonyl (C=O) groups excluding carboxylic acids is 1. The number of benzene rings is 2. The van der Waals surface area contributed by atoms with Crippen molar-refractivity contribution in [2.45, 2.75) is 19.4 Å². The van der Waals surface area contributed by atoms with E-state index in [-0.39, 0.29) is 30.2 Å². The number of piperazine rings is 1. The molecule has 2 N–H and O–H groups in total. The van der Waals surface area contributed by atoms with Gasteiger partial charge in [-0.15, -0.1) is 12.4 Å². The van der Waals surface area contributed by atoms with Crippen molar-refractivity contribution in [1.82, 2.24) is 10.2 Å². The van der Waals surface area contributed by atoms with E-state index >= 15 is 0 Å². The average Bonchev–Trinajstić information content (AvgIpc) is 2.64. The van der Waals surface area contributed by atoms with Crippen LogP contribution in [0.25, 0.3) is 0 Å². The van der Waals surface area contributed by atoms with Gasteiger partial charge in [0.2, 0.25) is 5.91 Å². The molecule has 2 aromatic carbocycles. The molecule has 1 atom stereocenters. The Labute approximate surface area is 170 Å². The van der Waals surface area contributed by atoms with Gasteiger partial charge in [-0.05, 0) is 36.8 Å². The molecule has 2 aromatic rings. The molecule has 1 unspecified atom stereocenters. The summed E-state index contributed by atoms with van der Waals surface area (Å²) in [5.41, 5.74) is 2.13. The molecule has 1 saturated heterocycles. The molecule has 4 nitrogen and oxygen atoms in total. The first kappa shape index (κ1) is 21.6. The molecule has 7 heteroatoms. The van der Waals surface area contributed by atoms with Gasteiger partial charge in [-0.25, -0.2) is 4.39 Å². The van der Waals surface area contributed by atoms with Crippen molar-refractivity contribution in [3.8, 4) is 0 Å². The molecule has 1 aliphatic heterocycles. The zero-order valence-corrected chi connectivity index (χ0v) is 16.7. The minimum Gasteiger partial charge on any atom is -0.326 e. The average molecular weight is 412 g/mol. The minimum absolute atomic E-state index is 0. The van der Waals surface area contributed by atoms with Gasteiger partial charge in [0.05, 0.1) is 0 Å². The molecule has 1 aliphatic rings. The number of nitrogens with zero attached hydrogens (tertiary/aromatic N) is 1. The summed E-state index contributed by atoms with van der Waals surface area (Å²) in [5, 5.41) is 6.92. The summed E-state index contributed by atoms with van der Waals surface area (Å²) in [4.78, 5) is 14.6. The standard InChI is InChI=1S/C20H23ClFN3O.ClH/c1-14-17(22)6-3-7-18(14)24-20(26)8-10-25-11-9-23-13-19(25)15-4-2-5-16(21)12-15;/h2-7,12,19,23H,8-11,13H2,1H3,(H,24,26);1H. The Morgan fingerprint density at radius 2 is 2.11 bits per heavy atom. The third-order valence-electron chi connectivity index (χ3n) is 4.76. The molecule has 0 aromatic heterocycles. The highest BCUT2D eigenvalue weighted by Crippen LogP contribution is 2.25. The molecule has 1 fully saturated rings. The molecule has 3 rings (SSSR count). The predicted molar refractivity (Wildman–Crippen MR) is 110 cm³/mol. The van der Waals surface area contributed by atoms with Crippen LogP contribution >= 0.6 is 24.0 Å². The molecule has 0 aliphatic carbocycles. The van der Waals surface area contributed by atoms with Crippen molar-refractivity contribution in [1.29, 1.82) is 0 Å². The largest absolute Gasteiger partial charge is 0.326 e. The molecule has 0 bridgehead atoms. The van der Waals surface area contributed by atoms with Crippen LogP contribution in [-0.2, 0) is 4.79 Å². The number of anilines is 1. The van der Waals surface area contributed by atoms with E-state index in [1.807, 2.05) is 18.2 Å². The maximum absolute atomic E-state index is 13.6. The van der Waals surface area contributed by atoms with Gasteiger partial charge in [0.1, 0.15) is 5.82 Å². The summed E-state index contributed by atoms with van der Waals surface area (Å²) >= 11 is 6.12. The SMILES string of the molecule is Cc1c(F)cccc1NC(=O)CCN1CCNCC1c1cccc(Cl)c1.Cl. The van der Waals surface area contributed by atoms with E-state index in [4.69, 9.17) is 11.6 Å². The maximum Gasteiger partial charge on any atom is 0.225 e. The topological polar surface area (TPSA) is 44.4 Å².